The lowest BCUT2D eigenvalue weighted by molar-refractivity contribution is -0.124. The molecule has 0 N–H and O–H groups in total. The Bertz CT molecular complexity index is 170. The van der Waals surface area contributed by atoms with E-state index in [1.54, 1.807) is 0 Å². The Labute approximate surface area is 66.3 Å². The quantitative estimate of drug-likeness (QED) is 0.584. The summed E-state index contributed by atoms with van der Waals surface area (Å²) in [5.41, 5.74) is 0. The van der Waals surface area contributed by atoms with Gasteiger partial charge in [0.05, 0.1) is 11.9 Å². The number of hydrogen-bond acceptors (Lipinski definition) is 3. The van der Waals surface area contributed by atoms with Crippen molar-refractivity contribution in [3.05, 3.63) is 0 Å². The Balaban J connectivity index is 2.55. The molecular formula is C5H6BrNO3. The number of amides is 2. The maximum atomic E-state index is 10.8. The van der Waals surface area contributed by atoms with Crippen molar-refractivity contribution in [2.75, 3.05) is 18.5 Å². The molecule has 0 atom stereocenters. The average Bonchev–Trinajstić information content (AvgIpc) is 2.34. The van der Waals surface area contributed by atoms with Gasteiger partial charge in [-0.3, -0.25) is 4.79 Å². The van der Waals surface area contributed by atoms with E-state index < -0.39 is 6.09 Å². The summed E-state index contributed by atoms with van der Waals surface area (Å²) < 4.78 is 4.53. The highest BCUT2D eigenvalue weighted by atomic mass is 79.9. The summed E-state index contributed by atoms with van der Waals surface area (Å²) in [5, 5.41) is 0.169. The maximum absolute atomic E-state index is 10.8. The number of halogens is 1. The number of carbonyl (C=O) groups excluding carboxylic acids is 2. The third kappa shape index (κ3) is 1.29. The van der Waals surface area contributed by atoms with Gasteiger partial charge in [-0.05, 0) is 0 Å². The zero-order valence-electron chi connectivity index (χ0n) is 5.17. The van der Waals surface area contributed by atoms with Gasteiger partial charge < -0.3 is 4.74 Å². The first-order valence-corrected chi connectivity index (χ1v) is 3.91. The molecule has 1 saturated heterocycles. The predicted octanol–water partition coefficient (Wildman–Crippen LogP) is 0.360. The Morgan fingerprint density at radius 1 is 1.80 bits per heavy atom. The summed E-state index contributed by atoms with van der Waals surface area (Å²) in [6.07, 6.45) is -0.538. The molecule has 0 aromatic carbocycles. The lowest BCUT2D eigenvalue weighted by Crippen LogP contribution is -2.32. The average molecular weight is 208 g/mol. The van der Waals surface area contributed by atoms with E-state index in [0.717, 1.165) is 4.90 Å². The second-order valence-corrected chi connectivity index (χ2v) is 2.35. The summed E-state index contributed by atoms with van der Waals surface area (Å²) in [5.74, 6) is -0.248. The normalized spacial score (nSPS) is 17.3. The molecule has 0 radical (unpaired) electrons. The third-order valence-electron chi connectivity index (χ3n) is 1.18. The van der Waals surface area contributed by atoms with Crippen LogP contribution in [0.1, 0.15) is 0 Å². The van der Waals surface area contributed by atoms with Crippen molar-refractivity contribution in [2.24, 2.45) is 0 Å². The highest BCUT2D eigenvalue weighted by Gasteiger charge is 2.26. The van der Waals surface area contributed by atoms with Gasteiger partial charge in [0, 0.05) is 0 Å². The van der Waals surface area contributed by atoms with Gasteiger partial charge in [0.2, 0.25) is 5.91 Å². The first-order chi connectivity index (χ1) is 4.75. The molecule has 5 heteroatoms. The first kappa shape index (κ1) is 7.53. The van der Waals surface area contributed by atoms with Crippen LogP contribution in [0.2, 0.25) is 0 Å². The van der Waals surface area contributed by atoms with E-state index >= 15 is 0 Å². The molecule has 1 rings (SSSR count). The van der Waals surface area contributed by atoms with Crippen LogP contribution < -0.4 is 0 Å². The molecular weight excluding hydrogens is 202 g/mol. The van der Waals surface area contributed by atoms with Crippen LogP contribution in [-0.2, 0) is 9.53 Å². The second kappa shape index (κ2) is 3.01. The molecule has 0 aromatic heterocycles. The second-order valence-electron chi connectivity index (χ2n) is 1.79. The van der Waals surface area contributed by atoms with Crippen molar-refractivity contribution < 1.29 is 14.3 Å². The van der Waals surface area contributed by atoms with Crippen LogP contribution in [0.3, 0.4) is 0 Å². The number of nitrogens with zero attached hydrogens (tertiary/aromatic N) is 1. The maximum Gasteiger partial charge on any atom is 0.416 e. The van der Waals surface area contributed by atoms with Gasteiger partial charge >= 0.3 is 6.09 Å². The molecule has 0 unspecified atom stereocenters. The number of hydrogen-bond donors (Lipinski definition) is 0. The van der Waals surface area contributed by atoms with E-state index in [1.165, 1.54) is 0 Å². The highest BCUT2D eigenvalue weighted by molar-refractivity contribution is 9.09. The van der Waals surface area contributed by atoms with Crippen molar-refractivity contribution in [2.45, 2.75) is 0 Å². The molecule has 4 nitrogen and oxygen atoms in total. The topological polar surface area (TPSA) is 46.6 Å². The molecule has 0 saturated carbocycles. The van der Waals surface area contributed by atoms with Crippen molar-refractivity contribution >= 4 is 27.9 Å². The minimum Gasteiger partial charge on any atom is -0.447 e. The molecule has 56 valence electrons. The van der Waals surface area contributed by atoms with Crippen LogP contribution in [0.4, 0.5) is 4.79 Å². The van der Waals surface area contributed by atoms with Crippen molar-refractivity contribution in [1.82, 2.24) is 4.90 Å². The summed E-state index contributed by atoms with van der Waals surface area (Å²) in [4.78, 5) is 22.5. The van der Waals surface area contributed by atoms with Gasteiger partial charge in [-0.25, -0.2) is 9.69 Å². The highest BCUT2D eigenvalue weighted by Crippen LogP contribution is 2.04. The number of cyclic esters (lactones) is 1. The largest absolute Gasteiger partial charge is 0.447 e. The first-order valence-electron chi connectivity index (χ1n) is 2.79. The molecule has 1 heterocycles. The lowest BCUT2D eigenvalue weighted by Gasteiger charge is -2.06. The fraction of sp³-hybridized carbons (Fsp3) is 0.600. The van der Waals surface area contributed by atoms with E-state index in [0.29, 0.717) is 13.2 Å². The Morgan fingerprint density at radius 3 is 2.90 bits per heavy atom. The van der Waals surface area contributed by atoms with Crippen LogP contribution >= 0.6 is 15.9 Å². The van der Waals surface area contributed by atoms with Gasteiger partial charge in [0.1, 0.15) is 6.61 Å². The van der Waals surface area contributed by atoms with Gasteiger partial charge in [-0.15, -0.1) is 0 Å². The fourth-order valence-electron chi connectivity index (χ4n) is 0.692. The molecule has 0 spiro atoms. The lowest BCUT2D eigenvalue weighted by atomic mass is 10.5. The van der Waals surface area contributed by atoms with Crippen molar-refractivity contribution in [3.8, 4) is 0 Å². The number of ether oxygens (including phenoxy) is 1. The van der Waals surface area contributed by atoms with Crippen LogP contribution in [0.5, 0.6) is 0 Å². The van der Waals surface area contributed by atoms with Crippen LogP contribution in [0, 0.1) is 0 Å². The SMILES string of the molecule is O=C(CBr)N1CCOC1=O. The minimum absolute atomic E-state index is 0.169. The smallest absolute Gasteiger partial charge is 0.416 e. The molecule has 0 aliphatic carbocycles. The van der Waals surface area contributed by atoms with E-state index in [1.807, 2.05) is 0 Å². The number of carbonyl (C=O) groups is 2. The number of imide groups is 1. The third-order valence-corrected chi connectivity index (χ3v) is 1.66. The molecule has 10 heavy (non-hydrogen) atoms. The molecule has 0 aromatic rings. The monoisotopic (exact) mass is 207 g/mol. The molecule has 1 aliphatic rings. The molecule has 0 bridgehead atoms. The van der Waals surface area contributed by atoms with Gasteiger partial charge in [-0.1, -0.05) is 15.9 Å². The summed E-state index contributed by atoms with van der Waals surface area (Å²) in [6.45, 7) is 0.695. The van der Waals surface area contributed by atoms with E-state index in [9.17, 15) is 9.59 Å². The zero-order valence-corrected chi connectivity index (χ0v) is 6.76. The minimum atomic E-state index is -0.538. The van der Waals surface area contributed by atoms with Gasteiger partial charge in [0.15, 0.2) is 0 Å². The number of rotatable bonds is 1. The molecule has 1 aliphatic heterocycles. The Morgan fingerprint density at radius 2 is 2.50 bits per heavy atom. The summed E-state index contributed by atoms with van der Waals surface area (Å²) in [6, 6.07) is 0. The van der Waals surface area contributed by atoms with Crippen LogP contribution in [0.25, 0.3) is 0 Å². The fourth-order valence-corrected chi connectivity index (χ4v) is 0.995. The van der Waals surface area contributed by atoms with Gasteiger partial charge in [-0.2, -0.15) is 0 Å². The van der Waals surface area contributed by atoms with E-state index in [-0.39, 0.29) is 11.2 Å². The summed E-state index contributed by atoms with van der Waals surface area (Å²) >= 11 is 2.95. The van der Waals surface area contributed by atoms with Crippen LogP contribution in [0.15, 0.2) is 0 Å². The van der Waals surface area contributed by atoms with Crippen LogP contribution in [-0.4, -0.2) is 35.4 Å². The van der Waals surface area contributed by atoms with Crippen molar-refractivity contribution in [1.29, 1.82) is 0 Å². The van der Waals surface area contributed by atoms with E-state index in [2.05, 4.69) is 20.7 Å². The van der Waals surface area contributed by atoms with Gasteiger partial charge in [0.25, 0.3) is 0 Å². The van der Waals surface area contributed by atoms with E-state index in [4.69, 9.17) is 0 Å². The Kier molecular flexibility index (Phi) is 2.26. The zero-order chi connectivity index (χ0) is 7.56. The number of alkyl halides is 1. The summed E-state index contributed by atoms with van der Waals surface area (Å²) in [7, 11) is 0. The molecule has 1 fully saturated rings. The Hall–Kier alpha value is -0.580. The standard InChI is InChI=1S/C5H6BrNO3/c6-3-4(8)7-1-2-10-5(7)9/h1-3H2. The molecule has 2 amide bonds. The predicted molar refractivity (Wildman–Crippen MR) is 36.9 cm³/mol. The van der Waals surface area contributed by atoms with Crippen molar-refractivity contribution in [3.63, 3.8) is 0 Å².